The first-order chi connectivity index (χ1) is 15.2. The summed E-state index contributed by atoms with van der Waals surface area (Å²) in [7, 11) is 3.42. The van der Waals surface area contributed by atoms with Crippen LogP contribution >= 0.6 is 0 Å². The highest BCUT2D eigenvalue weighted by atomic mass is 16.6. The maximum Gasteiger partial charge on any atom is 0.410 e. The zero-order valence-corrected chi connectivity index (χ0v) is 20.4. The van der Waals surface area contributed by atoms with Crippen LogP contribution in [0.15, 0.2) is 29.3 Å². The minimum Gasteiger partial charge on any atom is -0.444 e. The third-order valence-corrected chi connectivity index (χ3v) is 5.50. The fourth-order valence-electron chi connectivity index (χ4n) is 3.78. The molecule has 2 rings (SSSR count). The van der Waals surface area contributed by atoms with Gasteiger partial charge in [0.15, 0.2) is 5.96 Å². The van der Waals surface area contributed by atoms with Crippen LogP contribution < -0.4 is 10.6 Å². The number of benzene rings is 1. The molecule has 0 atom stereocenters. The second-order valence-corrected chi connectivity index (χ2v) is 9.13. The van der Waals surface area contributed by atoms with E-state index in [2.05, 4.69) is 20.5 Å². The fraction of sp³-hybridized carbons (Fsp3) is 0.625. The number of amides is 2. The molecule has 0 unspecified atom stereocenters. The van der Waals surface area contributed by atoms with Gasteiger partial charge in [0.1, 0.15) is 5.60 Å². The number of carbonyl (C=O) groups is 2. The topological polar surface area (TPSA) is 86.3 Å². The molecule has 1 aromatic carbocycles. The van der Waals surface area contributed by atoms with E-state index in [-0.39, 0.29) is 12.0 Å². The molecule has 178 valence electrons. The molecule has 1 saturated heterocycles. The minimum atomic E-state index is -0.480. The Labute approximate surface area is 192 Å². The van der Waals surface area contributed by atoms with Crippen molar-refractivity contribution in [2.24, 2.45) is 10.9 Å². The van der Waals surface area contributed by atoms with Crippen molar-refractivity contribution in [3.63, 3.8) is 0 Å². The summed E-state index contributed by atoms with van der Waals surface area (Å²) in [6, 6.07) is 7.58. The second-order valence-electron chi connectivity index (χ2n) is 9.13. The Kier molecular flexibility index (Phi) is 9.35. The van der Waals surface area contributed by atoms with E-state index >= 15 is 0 Å². The summed E-state index contributed by atoms with van der Waals surface area (Å²) in [5.41, 5.74) is 1.19. The van der Waals surface area contributed by atoms with E-state index in [1.165, 1.54) is 0 Å². The Morgan fingerprint density at radius 2 is 1.94 bits per heavy atom. The molecule has 32 heavy (non-hydrogen) atoms. The van der Waals surface area contributed by atoms with E-state index in [4.69, 9.17) is 4.74 Å². The molecule has 0 spiro atoms. The number of nitrogens with zero attached hydrogens (tertiary/aromatic N) is 3. The van der Waals surface area contributed by atoms with Crippen molar-refractivity contribution in [3.05, 3.63) is 35.4 Å². The lowest BCUT2D eigenvalue weighted by Crippen LogP contribution is -2.47. The smallest absolute Gasteiger partial charge is 0.410 e. The van der Waals surface area contributed by atoms with Gasteiger partial charge in [-0.2, -0.15) is 0 Å². The molecule has 1 aliphatic heterocycles. The first-order valence-electron chi connectivity index (χ1n) is 11.4. The van der Waals surface area contributed by atoms with Gasteiger partial charge in [0.05, 0.1) is 0 Å². The number of hydrogen-bond acceptors (Lipinski definition) is 4. The van der Waals surface area contributed by atoms with E-state index in [1.807, 2.05) is 45.9 Å². The number of likely N-dealkylation sites (tertiary alicyclic amines) is 1. The molecule has 0 radical (unpaired) electrons. The molecule has 1 aromatic rings. The lowest BCUT2D eigenvalue weighted by atomic mass is 9.96. The van der Waals surface area contributed by atoms with Crippen LogP contribution in [-0.2, 0) is 11.3 Å². The van der Waals surface area contributed by atoms with Crippen molar-refractivity contribution in [2.45, 2.75) is 52.7 Å². The van der Waals surface area contributed by atoms with Gasteiger partial charge < -0.3 is 25.2 Å². The summed E-state index contributed by atoms with van der Waals surface area (Å²) >= 11 is 0. The standard InChI is InChI=1S/C24H39N5O3/c1-7-28(23(31)32-24(2,3)4)17-18-11-13-29(14-12-18)22(26-6)27-16-19-9-8-10-20(15-19)21(30)25-5/h8-10,15,18H,7,11-14,16-17H2,1-6H3,(H,25,30)(H,26,27). The van der Waals surface area contributed by atoms with Crippen LogP contribution in [0, 0.1) is 5.92 Å². The highest BCUT2D eigenvalue weighted by Crippen LogP contribution is 2.20. The van der Waals surface area contributed by atoms with E-state index in [1.54, 1.807) is 25.1 Å². The average Bonchev–Trinajstić information content (AvgIpc) is 2.77. The Balaban J connectivity index is 1.86. The maximum absolute atomic E-state index is 12.4. The van der Waals surface area contributed by atoms with Gasteiger partial charge in [-0.3, -0.25) is 9.79 Å². The van der Waals surface area contributed by atoms with Crippen molar-refractivity contribution < 1.29 is 14.3 Å². The van der Waals surface area contributed by atoms with Crippen molar-refractivity contribution in [1.29, 1.82) is 0 Å². The molecule has 0 saturated carbocycles. The van der Waals surface area contributed by atoms with Gasteiger partial charge in [0.2, 0.25) is 0 Å². The normalized spacial score (nSPS) is 15.3. The third kappa shape index (κ3) is 7.73. The maximum atomic E-state index is 12.4. The molecule has 1 heterocycles. The molecule has 2 N–H and O–H groups in total. The largest absolute Gasteiger partial charge is 0.444 e. The highest BCUT2D eigenvalue weighted by molar-refractivity contribution is 5.94. The molecule has 0 aliphatic carbocycles. The number of hydrogen-bond donors (Lipinski definition) is 2. The van der Waals surface area contributed by atoms with Gasteiger partial charge in [0, 0.05) is 52.4 Å². The zero-order valence-electron chi connectivity index (χ0n) is 20.4. The second kappa shape index (κ2) is 11.7. The predicted molar refractivity (Wildman–Crippen MR) is 128 cm³/mol. The first kappa shape index (κ1) is 25.5. The van der Waals surface area contributed by atoms with Crippen LogP contribution in [0.5, 0.6) is 0 Å². The van der Waals surface area contributed by atoms with Gasteiger partial charge >= 0.3 is 6.09 Å². The van der Waals surface area contributed by atoms with E-state index in [0.717, 1.165) is 44.0 Å². The van der Waals surface area contributed by atoms with E-state index < -0.39 is 5.60 Å². The van der Waals surface area contributed by atoms with Crippen molar-refractivity contribution in [3.8, 4) is 0 Å². The van der Waals surface area contributed by atoms with Gasteiger partial charge in [-0.15, -0.1) is 0 Å². The summed E-state index contributed by atoms with van der Waals surface area (Å²) in [6.07, 6.45) is 1.75. The van der Waals surface area contributed by atoms with Crippen molar-refractivity contribution >= 4 is 18.0 Å². The highest BCUT2D eigenvalue weighted by Gasteiger charge is 2.27. The molecule has 1 fully saturated rings. The number of ether oxygens (including phenoxy) is 1. The Morgan fingerprint density at radius 1 is 1.25 bits per heavy atom. The molecule has 1 aliphatic rings. The summed E-state index contributed by atoms with van der Waals surface area (Å²) in [4.78, 5) is 32.8. The number of nitrogens with one attached hydrogen (secondary N) is 2. The first-order valence-corrected chi connectivity index (χ1v) is 11.4. The van der Waals surface area contributed by atoms with Crippen molar-refractivity contribution in [1.82, 2.24) is 20.4 Å². The fourth-order valence-corrected chi connectivity index (χ4v) is 3.78. The quantitative estimate of drug-likeness (QED) is 0.519. The zero-order chi connectivity index (χ0) is 23.7. The number of carbonyl (C=O) groups excluding carboxylic acids is 2. The molecule has 2 amide bonds. The van der Waals surface area contributed by atoms with Crippen LogP contribution in [-0.4, -0.2) is 73.6 Å². The Morgan fingerprint density at radius 3 is 2.50 bits per heavy atom. The number of piperidine rings is 1. The third-order valence-electron chi connectivity index (χ3n) is 5.50. The van der Waals surface area contributed by atoms with E-state index in [9.17, 15) is 9.59 Å². The van der Waals surface area contributed by atoms with Crippen LogP contribution in [0.1, 0.15) is 56.5 Å². The van der Waals surface area contributed by atoms with Crippen LogP contribution in [0.4, 0.5) is 4.79 Å². The molecular weight excluding hydrogens is 406 g/mol. The number of rotatable bonds is 6. The monoisotopic (exact) mass is 445 g/mol. The van der Waals surface area contributed by atoms with Gasteiger partial charge in [-0.05, 0) is 64.2 Å². The van der Waals surface area contributed by atoms with Crippen LogP contribution in [0.3, 0.4) is 0 Å². The number of guanidine groups is 1. The van der Waals surface area contributed by atoms with E-state index in [0.29, 0.717) is 24.6 Å². The average molecular weight is 446 g/mol. The summed E-state index contributed by atoms with van der Waals surface area (Å²) in [6.45, 7) is 11.4. The molecule has 0 aromatic heterocycles. The van der Waals surface area contributed by atoms with Gasteiger partial charge in [-0.25, -0.2) is 4.79 Å². The summed E-state index contributed by atoms with van der Waals surface area (Å²) < 4.78 is 5.54. The lowest BCUT2D eigenvalue weighted by Gasteiger charge is -2.36. The predicted octanol–water partition coefficient (Wildman–Crippen LogP) is 3.09. The molecule has 8 nitrogen and oxygen atoms in total. The van der Waals surface area contributed by atoms with Gasteiger partial charge in [0.25, 0.3) is 5.91 Å². The Bertz CT molecular complexity index is 795. The van der Waals surface area contributed by atoms with Gasteiger partial charge in [-0.1, -0.05) is 12.1 Å². The van der Waals surface area contributed by atoms with Crippen molar-refractivity contribution in [2.75, 3.05) is 40.3 Å². The summed E-state index contributed by atoms with van der Waals surface area (Å²) in [5.74, 6) is 1.21. The molecule has 8 heteroatoms. The number of aliphatic imine (C=N–C) groups is 1. The molecular formula is C24H39N5O3. The minimum absolute atomic E-state index is 0.0918. The van der Waals surface area contributed by atoms with Crippen LogP contribution in [0.2, 0.25) is 0 Å². The SMILES string of the molecule is CCN(CC1CCN(C(=NC)NCc2cccc(C(=O)NC)c2)CC1)C(=O)OC(C)(C)C. The lowest BCUT2D eigenvalue weighted by molar-refractivity contribution is 0.0214. The molecule has 0 bridgehead atoms. The van der Waals surface area contributed by atoms with Crippen LogP contribution in [0.25, 0.3) is 0 Å². The Hall–Kier alpha value is -2.77. The summed E-state index contributed by atoms with van der Waals surface area (Å²) in [5, 5.41) is 6.06.